The van der Waals surface area contributed by atoms with Crippen LogP contribution in [-0.4, -0.2) is 103 Å². The summed E-state index contributed by atoms with van der Waals surface area (Å²) in [6.07, 6.45) is 2.52. The number of morpholine rings is 1. The van der Waals surface area contributed by atoms with Crippen molar-refractivity contribution < 1.29 is 47.6 Å². The Morgan fingerprint density at radius 3 is 1.97 bits per heavy atom. The minimum atomic E-state index is -0.968. The van der Waals surface area contributed by atoms with Gasteiger partial charge in [-0.1, -0.05) is 60.7 Å². The van der Waals surface area contributed by atoms with Gasteiger partial charge in [-0.3, -0.25) is 9.59 Å². The van der Waals surface area contributed by atoms with Crippen LogP contribution in [0.1, 0.15) is 40.9 Å². The van der Waals surface area contributed by atoms with E-state index in [1.165, 1.54) is 14.2 Å². The minimum absolute atomic E-state index is 0.215. The third-order valence-corrected chi connectivity index (χ3v) is 10.6. The van der Waals surface area contributed by atoms with Crippen LogP contribution in [0.5, 0.6) is 23.0 Å². The Hall–Kier alpha value is -7.70. The number of ether oxygens (including phenoxy) is 6. The number of alkyl carbamates (subject to hydrolysis) is 2. The highest BCUT2D eigenvalue weighted by atomic mass is 16.6. The zero-order valence-electron chi connectivity index (χ0n) is 35.0. The average molecular weight is 871 g/mol. The van der Waals surface area contributed by atoms with Gasteiger partial charge in [0.25, 0.3) is 5.91 Å². The van der Waals surface area contributed by atoms with E-state index in [9.17, 15) is 19.2 Å². The molecule has 8 rings (SSSR count). The Kier molecular flexibility index (Phi) is 13.4. The summed E-state index contributed by atoms with van der Waals surface area (Å²) in [6.45, 7) is 1.72. The molecular weight excluding hydrogens is 825 g/mol. The highest BCUT2D eigenvalue weighted by Gasteiger charge is 2.36. The van der Waals surface area contributed by atoms with Crippen LogP contribution in [0.2, 0.25) is 0 Å². The number of aromatic amines is 2. The van der Waals surface area contributed by atoms with Crippen molar-refractivity contribution in [2.75, 3.05) is 53.7 Å². The average Bonchev–Trinajstić information content (AvgIpc) is 4.04. The summed E-state index contributed by atoms with van der Waals surface area (Å²) in [5.74, 6) is 2.68. The van der Waals surface area contributed by atoms with Crippen molar-refractivity contribution in [2.45, 2.75) is 24.5 Å². The van der Waals surface area contributed by atoms with Crippen LogP contribution in [0.15, 0.2) is 109 Å². The van der Waals surface area contributed by atoms with E-state index in [4.69, 9.17) is 23.7 Å². The summed E-state index contributed by atoms with van der Waals surface area (Å²) in [4.78, 5) is 68.5. The number of hydrogen-bond donors (Lipinski definition) is 5. The summed E-state index contributed by atoms with van der Waals surface area (Å²) in [5, 5.41) is 8.03. The van der Waals surface area contributed by atoms with Gasteiger partial charge in [-0.25, -0.2) is 19.6 Å². The molecule has 4 heterocycles. The molecule has 2 aliphatic rings. The summed E-state index contributed by atoms with van der Waals surface area (Å²) in [6, 6.07) is 26.7. The van der Waals surface area contributed by atoms with Gasteiger partial charge < -0.3 is 59.2 Å². The van der Waals surface area contributed by atoms with Crippen molar-refractivity contribution >= 4 is 24.0 Å². The van der Waals surface area contributed by atoms with Crippen LogP contribution in [0.4, 0.5) is 9.59 Å². The van der Waals surface area contributed by atoms with Crippen LogP contribution >= 0.6 is 0 Å². The van der Waals surface area contributed by atoms with Crippen molar-refractivity contribution in [3.8, 4) is 45.5 Å². The van der Waals surface area contributed by atoms with Crippen molar-refractivity contribution in [3.63, 3.8) is 0 Å². The Morgan fingerprint density at radius 1 is 0.734 bits per heavy atom. The molecule has 18 nitrogen and oxygen atoms in total. The smallest absolute Gasteiger partial charge is 0.407 e. The quantitative estimate of drug-likeness (QED) is 0.0735. The summed E-state index contributed by atoms with van der Waals surface area (Å²) in [5.41, 5.74) is 4.36. The highest BCUT2D eigenvalue weighted by Crippen LogP contribution is 2.47. The molecule has 2 aromatic heterocycles. The number of nitrogens with one attached hydrogen (secondary N) is 5. The van der Waals surface area contributed by atoms with E-state index in [1.807, 2.05) is 48.5 Å². The molecular formula is C46H46N8O10. The van der Waals surface area contributed by atoms with Gasteiger partial charge in [0.1, 0.15) is 29.8 Å². The fraction of sp³-hybridized carbons (Fsp3) is 0.261. The van der Waals surface area contributed by atoms with Crippen molar-refractivity contribution in [3.05, 3.63) is 132 Å². The number of nitrogens with zero attached hydrogens (tertiary/aromatic N) is 3. The largest absolute Gasteiger partial charge is 0.453 e. The van der Waals surface area contributed by atoms with E-state index in [-0.39, 0.29) is 31.6 Å². The van der Waals surface area contributed by atoms with Gasteiger partial charge in [0.15, 0.2) is 23.0 Å². The van der Waals surface area contributed by atoms with E-state index in [1.54, 1.807) is 65.8 Å². The second kappa shape index (κ2) is 20.0. The Morgan fingerprint density at radius 2 is 1.33 bits per heavy atom. The molecule has 6 aromatic rings. The molecule has 0 radical (unpaired) electrons. The fourth-order valence-corrected chi connectivity index (χ4v) is 7.32. The molecule has 4 amide bonds. The van der Waals surface area contributed by atoms with Crippen molar-refractivity contribution in [1.82, 2.24) is 40.8 Å². The normalized spacial score (nSPS) is 15.0. The molecule has 3 unspecified atom stereocenters. The number of rotatable bonds is 15. The maximum atomic E-state index is 14.0. The molecule has 64 heavy (non-hydrogen) atoms. The first-order chi connectivity index (χ1) is 31.3. The summed E-state index contributed by atoms with van der Waals surface area (Å²) >= 11 is 0. The number of methoxy groups -OCH3 is 2. The van der Waals surface area contributed by atoms with E-state index < -0.39 is 30.3 Å². The molecule has 1 fully saturated rings. The number of amides is 4. The minimum Gasteiger partial charge on any atom is -0.453 e. The van der Waals surface area contributed by atoms with Crippen LogP contribution in [0.3, 0.4) is 0 Å². The first kappa shape index (κ1) is 43.0. The SMILES string of the molecule is COC(=O)NC(C(=O)NCCOCCc1ncc(-c2ccc3c(c2)Oc2ccc(-c4cnc(C5COCCN5C(=O)C(NC(=O)OC)c5ccccc5)[nH]4)cc2O3)[nH]1)c1ccccc1. The molecule has 18 heteroatoms. The van der Waals surface area contributed by atoms with E-state index in [0.29, 0.717) is 71.8 Å². The predicted octanol–water partition coefficient (Wildman–Crippen LogP) is 6.13. The monoisotopic (exact) mass is 870 g/mol. The lowest BCUT2D eigenvalue weighted by Gasteiger charge is -2.36. The number of aromatic nitrogens is 4. The van der Waals surface area contributed by atoms with Crippen LogP contribution in [0.25, 0.3) is 22.5 Å². The summed E-state index contributed by atoms with van der Waals surface area (Å²) in [7, 11) is 2.49. The first-order valence-corrected chi connectivity index (χ1v) is 20.5. The van der Waals surface area contributed by atoms with E-state index in [2.05, 4.69) is 40.6 Å². The third kappa shape index (κ3) is 9.98. The predicted molar refractivity (Wildman–Crippen MR) is 230 cm³/mol. The zero-order chi connectivity index (χ0) is 44.4. The molecule has 0 spiro atoms. The number of imidazole rings is 2. The lowest BCUT2D eigenvalue weighted by Crippen LogP contribution is -2.49. The van der Waals surface area contributed by atoms with Crippen LogP contribution < -0.4 is 25.4 Å². The molecule has 3 atom stereocenters. The van der Waals surface area contributed by atoms with Crippen molar-refractivity contribution in [1.29, 1.82) is 0 Å². The van der Waals surface area contributed by atoms with E-state index in [0.717, 1.165) is 22.6 Å². The highest BCUT2D eigenvalue weighted by molar-refractivity contribution is 5.88. The zero-order valence-corrected chi connectivity index (χ0v) is 35.0. The van der Waals surface area contributed by atoms with Crippen LogP contribution in [-0.2, 0) is 35.0 Å². The molecule has 5 N–H and O–H groups in total. The Bertz CT molecular complexity index is 2580. The second-order valence-electron chi connectivity index (χ2n) is 14.7. The molecule has 0 saturated carbocycles. The molecule has 0 aliphatic carbocycles. The second-order valence-corrected chi connectivity index (χ2v) is 14.7. The first-order valence-electron chi connectivity index (χ1n) is 20.5. The number of benzene rings is 4. The van der Waals surface area contributed by atoms with E-state index >= 15 is 0 Å². The maximum Gasteiger partial charge on any atom is 0.407 e. The topological polar surface area (TPSA) is 220 Å². The number of H-pyrrole nitrogens is 2. The standard InChI is InChI=1S/C46H46N8O10/c1-59-45(57)52-40(28-9-5-3-6-10-28)43(55)47-18-21-61-20-17-39-48-25-32(50-39)30-13-15-35-37(23-30)63-36-16-14-31(24-38(36)64-35)33-26-49-42(51-33)34-27-62-22-19-54(34)44(56)41(53-46(58)60-2)29-11-7-4-8-12-29/h3-16,23-26,34,40-41H,17-22,27H2,1-2H3,(H,47,55)(H,48,50)(H,49,51)(H,52,57)(H,53,58). The maximum absolute atomic E-state index is 14.0. The third-order valence-electron chi connectivity index (χ3n) is 10.6. The summed E-state index contributed by atoms with van der Waals surface area (Å²) < 4.78 is 33.6. The number of fused-ring (bicyclic) bond motifs is 2. The molecule has 0 bridgehead atoms. The Labute approximate surface area is 367 Å². The number of hydrogen-bond acceptors (Lipinski definition) is 12. The van der Waals surface area contributed by atoms with Gasteiger partial charge in [-0.05, 0) is 47.5 Å². The lowest BCUT2D eigenvalue weighted by atomic mass is 10.0. The lowest BCUT2D eigenvalue weighted by molar-refractivity contribution is -0.143. The fourth-order valence-electron chi connectivity index (χ4n) is 7.32. The molecule has 4 aromatic carbocycles. The van der Waals surface area contributed by atoms with Gasteiger partial charge >= 0.3 is 12.2 Å². The van der Waals surface area contributed by atoms with Gasteiger partial charge in [0.2, 0.25) is 5.91 Å². The van der Waals surface area contributed by atoms with Gasteiger partial charge in [-0.2, -0.15) is 0 Å². The Balaban J connectivity index is 0.853. The van der Waals surface area contributed by atoms with Gasteiger partial charge in [-0.15, -0.1) is 0 Å². The number of carbonyl (C=O) groups excluding carboxylic acids is 4. The number of carbonyl (C=O) groups is 4. The van der Waals surface area contributed by atoms with Crippen LogP contribution in [0, 0.1) is 0 Å². The van der Waals surface area contributed by atoms with Gasteiger partial charge in [0, 0.05) is 30.6 Å². The van der Waals surface area contributed by atoms with Crippen molar-refractivity contribution in [2.24, 2.45) is 0 Å². The molecule has 1 saturated heterocycles. The van der Waals surface area contributed by atoms with Gasteiger partial charge in [0.05, 0.1) is 64.4 Å². The molecule has 330 valence electrons. The molecule has 2 aliphatic heterocycles.